The van der Waals surface area contributed by atoms with E-state index in [9.17, 15) is 0 Å². The van der Waals surface area contributed by atoms with Gasteiger partial charge in [0.05, 0.1) is 22.4 Å². The first kappa shape index (κ1) is 17.0. The molecule has 4 nitrogen and oxygen atoms in total. The van der Waals surface area contributed by atoms with E-state index in [1.807, 2.05) is 0 Å². The number of aromatic nitrogens is 2. The lowest BCUT2D eigenvalue weighted by Gasteiger charge is -2.27. The van der Waals surface area contributed by atoms with E-state index in [0.717, 1.165) is 16.9 Å². The average Bonchev–Trinajstić information content (AvgIpc) is 3.16. The molecule has 0 aliphatic carbocycles. The van der Waals surface area contributed by atoms with Crippen LogP contribution in [0.4, 0.5) is 11.4 Å². The number of benzene rings is 2. The van der Waals surface area contributed by atoms with E-state index < -0.39 is 0 Å². The summed E-state index contributed by atoms with van der Waals surface area (Å²) in [4.78, 5) is 8.22. The molecule has 1 aliphatic heterocycles. The molecule has 3 aromatic rings. The number of nitrogens with one attached hydrogen (secondary N) is 3. The fourth-order valence-electron chi connectivity index (χ4n) is 3.29. The summed E-state index contributed by atoms with van der Waals surface area (Å²) >= 11 is 0. The van der Waals surface area contributed by atoms with Crippen LogP contribution in [-0.2, 0) is 5.41 Å². The Bertz CT molecular complexity index is 970. The van der Waals surface area contributed by atoms with Crippen molar-refractivity contribution in [2.24, 2.45) is 5.41 Å². The molecule has 1 atom stereocenters. The maximum absolute atomic E-state index is 4.74. The monoisotopic (exact) mass is 348 g/mol. The molecule has 0 bridgehead atoms. The van der Waals surface area contributed by atoms with E-state index in [4.69, 9.17) is 4.98 Å². The first-order valence-electron chi connectivity index (χ1n) is 9.29. The molecular weight excluding hydrogens is 320 g/mol. The van der Waals surface area contributed by atoms with Crippen molar-refractivity contribution in [3.05, 3.63) is 42.2 Å². The Labute approximate surface area is 155 Å². The minimum Gasteiger partial charge on any atom is -0.363 e. The van der Waals surface area contributed by atoms with Crippen LogP contribution in [0.3, 0.4) is 0 Å². The highest BCUT2D eigenvalue weighted by Crippen LogP contribution is 2.38. The number of fused-ring (bicyclic) bond motifs is 2. The lowest BCUT2D eigenvalue weighted by molar-refractivity contribution is 0.372. The van der Waals surface area contributed by atoms with Crippen LogP contribution in [-0.4, -0.2) is 16.1 Å². The lowest BCUT2D eigenvalue weighted by Crippen LogP contribution is -2.36. The number of hydrogen-bond acceptors (Lipinski definition) is 3. The molecule has 136 valence electrons. The smallest absolute Gasteiger partial charge is 0.112 e. The van der Waals surface area contributed by atoms with Gasteiger partial charge in [0.15, 0.2) is 0 Å². The zero-order valence-corrected chi connectivity index (χ0v) is 16.5. The van der Waals surface area contributed by atoms with Gasteiger partial charge in [-0.3, -0.25) is 0 Å². The zero-order valence-electron chi connectivity index (χ0n) is 16.5. The topological polar surface area (TPSA) is 52.7 Å². The number of rotatable bonds is 1. The van der Waals surface area contributed by atoms with E-state index in [1.54, 1.807) is 0 Å². The Morgan fingerprint density at radius 3 is 2.15 bits per heavy atom. The lowest BCUT2D eigenvalue weighted by atomic mass is 9.93. The van der Waals surface area contributed by atoms with Crippen molar-refractivity contribution < 1.29 is 0 Å². The Morgan fingerprint density at radius 2 is 1.46 bits per heavy atom. The van der Waals surface area contributed by atoms with E-state index in [1.165, 1.54) is 22.5 Å². The third kappa shape index (κ3) is 2.94. The molecule has 4 rings (SSSR count). The van der Waals surface area contributed by atoms with Crippen molar-refractivity contribution in [2.75, 3.05) is 10.6 Å². The van der Waals surface area contributed by atoms with E-state index >= 15 is 0 Å². The molecule has 3 N–H and O–H groups in total. The van der Waals surface area contributed by atoms with Crippen molar-refractivity contribution in [1.29, 1.82) is 0 Å². The van der Waals surface area contributed by atoms with Crippen LogP contribution in [0.1, 0.15) is 47.4 Å². The molecule has 26 heavy (non-hydrogen) atoms. The first-order valence-corrected chi connectivity index (χ1v) is 9.29. The van der Waals surface area contributed by atoms with E-state index in [0.29, 0.717) is 0 Å². The van der Waals surface area contributed by atoms with Crippen LogP contribution in [0.15, 0.2) is 36.4 Å². The molecule has 2 aromatic carbocycles. The maximum Gasteiger partial charge on any atom is 0.112 e. The molecular formula is C22H28N4. The number of anilines is 2. The Kier molecular flexibility index (Phi) is 3.59. The summed E-state index contributed by atoms with van der Waals surface area (Å²) in [5, 5.41) is 7.19. The fraction of sp³-hybridized carbons (Fsp3) is 0.409. The van der Waals surface area contributed by atoms with Crippen molar-refractivity contribution in [2.45, 2.75) is 53.1 Å². The molecule has 0 radical (unpaired) electrons. The van der Waals surface area contributed by atoms with Gasteiger partial charge in [-0.1, -0.05) is 53.7 Å². The van der Waals surface area contributed by atoms with Gasteiger partial charge in [0.25, 0.3) is 0 Å². The van der Waals surface area contributed by atoms with Gasteiger partial charge in [0.2, 0.25) is 0 Å². The molecule has 1 aromatic heterocycles. The normalized spacial score (nSPS) is 17.1. The Hall–Kier alpha value is -2.49. The second-order valence-electron chi connectivity index (χ2n) is 9.42. The number of aromatic amines is 1. The van der Waals surface area contributed by atoms with E-state index in [2.05, 4.69) is 93.6 Å². The van der Waals surface area contributed by atoms with Crippen LogP contribution in [0.25, 0.3) is 22.2 Å². The molecule has 2 heterocycles. The van der Waals surface area contributed by atoms with Crippen LogP contribution in [0.5, 0.6) is 0 Å². The van der Waals surface area contributed by atoms with Gasteiger partial charge in [0.1, 0.15) is 12.0 Å². The third-order valence-electron chi connectivity index (χ3n) is 5.01. The SMILES string of the molecule is CC(C)(C)c1nc2ccc(-c3ccc4c(c3)NC(C(C)(C)C)N4)cc2[nH]1. The second-order valence-corrected chi connectivity index (χ2v) is 9.42. The minimum absolute atomic E-state index is 0.0182. The van der Waals surface area contributed by atoms with Crippen molar-refractivity contribution >= 4 is 22.4 Å². The third-order valence-corrected chi connectivity index (χ3v) is 5.01. The van der Waals surface area contributed by atoms with Gasteiger partial charge < -0.3 is 15.6 Å². The number of nitrogens with zero attached hydrogens (tertiary/aromatic N) is 1. The number of hydrogen-bond donors (Lipinski definition) is 3. The second kappa shape index (κ2) is 5.50. The molecule has 1 unspecified atom stereocenters. The van der Waals surface area contributed by atoms with Crippen LogP contribution in [0, 0.1) is 5.41 Å². The largest absolute Gasteiger partial charge is 0.363 e. The summed E-state index contributed by atoms with van der Waals surface area (Å²) < 4.78 is 0. The Morgan fingerprint density at radius 1 is 0.808 bits per heavy atom. The standard InChI is InChI=1S/C22H28N4/c1-21(2,3)19-23-15-9-7-13(11-17(15)25-19)14-8-10-16-18(12-14)26-20(24-16)22(4,5)6/h7-12,19,23,25H,1-6H3,(H,24,26). The zero-order chi connectivity index (χ0) is 18.7. The summed E-state index contributed by atoms with van der Waals surface area (Å²) in [6, 6.07) is 13.0. The van der Waals surface area contributed by atoms with Gasteiger partial charge >= 0.3 is 0 Å². The molecule has 0 spiro atoms. The highest BCUT2D eigenvalue weighted by atomic mass is 15.2. The molecule has 1 aliphatic rings. The van der Waals surface area contributed by atoms with Crippen molar-refractivity contribution in [1.82, 2.24) is 9.97 Å². The highest BCUT2D eigenvalue weighted by Gasteiger charge is 2.30. The Balaban J connectivity index is 1.69. The molecule has 0 amide bonds. The summed E-state index contributed by atoms with van der Waals surface area (Å²) in [6.45, 7) is 13.2. The average molecular weight is 348 g/mol. The van der Waals surface area contributed by atoms with Crippen molar-refractivity contribution in [3.8, 4) is 11.1 Å². The predicted molar refractivity (Wildman–Crippen MR) is 111 cm³/mol. The quantitative estimate of drug-likeness (QED) is 0.526. The number of imidazole rings is 1. The number of H-pyrrole nitrogens is 1. The van der Waals surface area contributed by atoms with E-state index in [-0.39, 0.29) is 17.0 Å². The van der Waals surface area contributed by atoms with Gasteiger partial charge in [-0.15, -0.1) is 0 Å². The maximum atomic E-state index is 4.74. The van der Waals surface area contributed by atoms with Gasteiger partial charge in [-0.05, 0) is 35.4 Å². The molecule has 0 saturated carbocycles. The van der Waals surface area contributed by atoms with Crippen molar-refractivity contribution in [3.63, 3.8) is 0 Å². The summed E-state index contributed by atoms with van der Waals surface area (Å²) in [6.07, 6.45) is 0.247. The summed E-state index contributed by atoms with van der Waals surface area (Å²) in [5.74, 6) is 1.03. The molecule has 4 heteroatoms. The minimum atomic E-state index is 0.0182. The van der Waals surface area contributed by atoms with Gasteiger partial charge in [-0.25, -0.2) is 4.98 Å². The molecule has 0 saturated heterocycles. The van der Waals surface area contributed by atoms with Crippen LogP contribution >= 0.6 is 0 Å². The summed E-state index contributed by atoms with van der Waals surface area (Å²) in [5.41, 5.74) is 7.03. The summed E-state index contributed by atoms with van der Waals surface area (Å²) in [7, 11) is 0. The molecule has 0 fully saturated rings. The van der Waals surface area contributed by atoms with Crippen LogP contribution < -0.4 is 10.6 Å². The van der Waals surface area contributed by atoms with Gasteiger partial charge in [0, 0.05) is 10.8 Å². The fourth-order valence-corrected chi connectivity index (χ4v) is 3.29. The van der Waals surface area contributed by atoms with Gasteiger partial charge in [-0.2, -0.15) is 0 Å². The predicted octanol–water partition coefficient (Wildman–Crippen LogP) is 5.74. The highest BCUT2D eigenvalue weighted by molar-refractivity contribution is 5.85. The first-order chi connectivity index (χ1) is 12.1. The van der Waals surface area contributed by atoms with Crippen LogP contribution in [0.2, 0.25) is 0 Å².